The first kappa shape index (κ1) is 11.7. The summed E-state index contributed by atoms with van der Waals surface area (Å²) in [5.74, 6) is 0.430. The van der Waals surface area contributed by atoms with E-state index in [1.54, 1.807) is 0 Å². The smallest absolute Gasteiger partial charge is 0.249 e. The minimum atomic E-state index is -0.329. The molecule has 1 saturated carbocycles. The standard InChI is InChI=1S/C15H19NO2/c1-10-15(17)16-14(11-6-3-2-4-7-11)12-8-5-9-13(12)18-10/h2-4,6-7,10,12-14H,5,8-9H2,1H3,(H,16,17). The van der Waals surface area contributed by atoms with E-state index in [-0.39, 0.29) is 24.2 Å². The van der Waals surface area contributed by atoms with Gasteiger partial charge in [-0.05, 0) is 25.3 Å². The largest absolute Gasteiger partial charge is 0.365 e. The highest BCUT2D eigenvalue weighted by atomic mass is 16.5. The molecule has 2 aliphatic rings. The molecule has 1 saturated heterocycles. The predicted molar refractivity (Wildman–Crippen MR) is 69.0 cm³/mol. The van der Waals surface area contributed by atoms with Crippen LogP contribution in [0.25, 0.3) is 0 Å². The highest BCUT2D eigenvalue weighted by Gasteiger charge is 2.40. The molecular formula is C15H19NO2. The van der Waals surface area contributed by atoms with Gasteiger partial charge in [0, 0.05) is 5.92 Å². The van der Waals surface area contributed by atoms with Crippen LogP contribution >= 0.6 is 0 Å². The number of benzene rings is 1. The van der Waals surface area contributed by atoms with Gasteiger partial charge >= 0.3 is 0 Å². The molecule has 4 unspecified atom stereocenters. The quantitative estimate of drug-likeness (QED) is 0.825. The number of carbonyl (C=O) groups is 1. The second kappa shape index (κ2) is 4.73. The van der Waals surface area contributed by atoms with Crippen molar-refractivity contribution in [3.8, 4) is 0 Å². The molecule has 1 aliphatic carbocycles. The average Bonchev–Trinajstić information content (AvgIpc) is 2.80. The van der Waals surface area contributed by atoms with E-state index < -0.39 is 0 Å². The van der Waals surface area contributed by atoms with Crippen LogP contribution in [0.2, 0.25) is 0 Å². The van der Waals surface area contributed by atoms with Crippen LogP contribution in [-0.4, -0.2) is 18.1 Å². The summed E-state index contributed by atoms with van der Waals surface area (Å²) in [5, 5.41) is 3.15. The minimum absolute atomic E-state index is 0.0123. The van der Waals surface area contributed by atoms with E-state index in [0.29, 0.717) is 5.92 Å². The fraction of sp³-hybridized carbons (Fsp3) is 0.533. The van der Waals surface area contributed by atoms with Gasteiger partial charge in [-0.1, -0.05) is 36.8 Å². The summed E-state index contributed by atoms with van der Waals surface area (Å²) in [4.78, 5) is 12.0. The summed E-state index contributed by atoms with van der Waals surface area (Å²) in [7, 11) is 0. The van der Waals surface area contributed by atoms with Crippen LogP contribution in [0.4, 0.5) is 0 Å². The minimum Gasteiger partial charge on any atom is -0.365 e. The molecule has 0 bridgehead atoms. The Kier molecular flexibility index (Phi) is 3.08. The first-order chi connectivity index (χ1) is 8.75. The molecule has 1 amide bonds. The zero-order valence-corrected chi connectivity index (χ0v) is 10.6. The van der Waals surface area contributed by atoms with Gasteiger partial charge in [-0.15, -0.1) is 0 Å². The van der Waals surface area contributed by atoms with Gasteiger partial charge in [0.25, 0.3) is 0 Å². The van der Waals surface area contributed by atoms with Crippen molar-refractivity contribution in [2.45, 2.75) is 44.4 Å². The third-order valence-electron chi connectivity index (χ3n) is 4.14. The third-order valence-corrected chi connectivity index (χ3v) is 4.14. The monoisotopic (exact) mass is 245 g/mol. The Morgan fingerprint density at radius 3 is 2.78 bits per heavy atom. The zero-order chi connectivity index (χ0) is 12.5. The van der Waals surface area contributed by atoms with Crippen molar-refractivity contribution in [1.29, 1.82) is 0 Å². The molecule has 0 spiro atoms. The topological polar surface area (TPSA) is 38.3 Å². The van der Waals surface area contributed by atoms with Gasteiger partial charge in [0.05, 0.1) is 12.1 Å². The van der Waals surface area contributed by atoms with Crippen LogP contribution in [0.5, 0.6) is 0 Å². The van der Waals surface area contributed by atoms with Crippen molar-refractivity contribution in [2.75, 3.05) is 0 Å². The van der Waals surface area contributed by atoms with E-state index in [4.69, 9.17) is 4.74 Å². The molecule has 1 aromatic rings. The molecule has 4 atom stereocenters. The van der Waals surface area contributed by atoms with Gasteiger partial charge in [-0.3, -0.25) is 4.79 Å². The average molecular weight is 245 g/mol. The van der Waals surface area contributed by atoms with Crippen molar-refractivity contribution in [1.82, 2.24) is 5.32 Å². The number of rotatable bonds is 1. The molecule has 0 radical (unpaired) electrons. The lowest BCUT2D eigenvalue weighted by Gasteiger charge is -2.25. The Balaban J connectivity index is 1.93. The van der Waals surface area contributed by atoms with Gasteiger partial charge in [-0.25, -0.2) is 0 Å². The molecular weight excluding hydrogens is 226 g/mol. The van der Waals surface area contributed by atoms with E-state index in [0.717, 1.165) is 12.8 Å². The summed E-state index contributed by atoms with van der Waals surface area (Å²) >= 11 is 0. The second-order valence-corrected chi connectivity index (χ2v) is 5.31. The zero-order valence-electron chi connectivity index (χ0n) is 10.6. The first-order valence-corrected chi connectivity index (χ1v) is 6.76. The lowest BCUT2D eigenvalue weighted by Crippen LogP contribution is -2.35. The number of nitrogens with one attached hydrogen (secondary N) is 1. The highest BCUT2D eigenvalue weighted by Crippen LogP contribution is 2.39. The van der Waals surface area contributed by atoms with Gasteiger partial charge < -0.3 is 10.1 Å². The van der Waals surface area contributed by atoms with Gasteiger partial charge in [0.1, 0.15) is 6.10 Å². The molecule has 0 aromatic heterocycles. The Morgan fingerprint density at radius 1 is 1.22 bits per heavy atom. The third kappa shape index (κ3) is 2.03. The molecule has 18 heavy (non-hydrogen) atoms. The molecule has 1 aromatic carbocycles. The lowest BCUT2D eigenvalue weighted by atomic mass is 9.90. The van der Waals surface area contributed by atoms with Crippen molar-refractivity contribution >= 4 is 5.91 Å². The van der Waals surface area contributed by atoms with Crippen LogP contribution in [-0.2, 0) is 9.53 Å². The Hall–Kier alpha value is -1.35. The van der Waals surface area contributed by atoms with Crippen LogP contribution in [0, 0.1) is 5.92 Å². The van der Waals surface area contributed by atoms with Gasteiger partial charge in [0.2, 0.25) is 5.91 Å². The summed E-state index contributed by atoms with van der Waals surface area (Å²) < 4.78 is 5.89. The second-order valence-electron chi connectivity index (χ2n) is 5.31. The van der Waals surface area contributed by atoms with Gasteiger partial charge in [0.15, 0.2) is 0 Å². The van der Waals surface area contributed by atoms with Crippen molar-refractivity contribution in [2.24, 2.45) is 5.92 Å². The van der Waals surface area contributed by atoms with E-state index in [2.05, 4.69) is 17.4 Å². The SMILES string of the molecule is CC1OC2CCCC2C(c2ccccc2)NC1=O. The van der Waals surface area contributed by atoms with Gasteiger partial charge in [-0.2, -0.15) is 0 Å². The number of ether oxygens (including phenoxy) is 1. The van der Waals surface area contributed by atoms with Crippen LogP contribution in [0.1, 0.15) is 37.8 Å². The molecule has 1 heterocycles. The Bertz CT molecular complexity index is 431. The van der Waals surface area contributed by atoms with E-state index in [1.165, 1.54) is 12.0 Å². The number of fused-ring (bicyclic) bond motifs is 1. The summed E-state index contributed by atoms with van der Waals surface area (Å²) in [6, 6.07) is 10.4. The summed E-state index contributed by atoms with van der Waals surface area (Å²) in [6.45, 7) is 1.85. The van der Waals surface area contributed by atoms with Crippen molar-refractivity contribution < 1.29 is 9.53 Å². The molecule has 96 valence electrons. The van der Waals surface area contributed by atoms with Crippen molar-refractivity contribution in [3.63, 3.8) is 0 Å². The Morgan fingerprint density at radius 2 is 2.00 bits per heavy atom. The number of hydrogen-bond donors (Lipinski definition) is 1. The van der Waals surface area contributed by atoms with Crippen LogP contribution < -0.4 is 5.32 Å². The molecule has 3 nitrogen and oxygen atoms in total. The molecule has 1 aliphatic heterocycles. The highest BCUT2D eigenvalue weighted by molar-refractivity contribution is 5.81. The van der Waals surface area contributed by atoms with Crippen LogP contribution in [0.3, 0.4) is 0 Å². The van der Waals surface area contributed by atoms with Crippen LogP contribution in [0.15, 0.2) is 30.3 Å². The fourth-order valence-electron chi connectivity index (χ4n) is 3.20. The van der Waals surface area contributed by atoms with Crippen molar-refractivity contribution in [3.05, 3.63) is 35.9 Å². The van der Waals surface area contributed by atoms with E-state index in [9.17, 15) is 4.79 Å². The Labute approximate surface area is 108 Å². The molecule has 2 fully saturated rings. The number of amides is 1. The summed E-state index contributed by atoms with van der Waals surface area (Å²) in [5.41, 5.74) is 1.19. The maximum atomic E-state index is 12.0. The number of carbonyl (C=O) groups excluding carboxylic acids is 1. The fourth-order valence-corrected chi connectivity index (χ4v) is 3.20. The molecule has 3 rings (SSSR count). The summed E-state index contributed by atoms with van der Waals surface area (Å²) in [6.07, 6.45) is 3.31. The normalized spacial score (nSPS) is 35.7. The lowest BCUT2D eigenvalue weighted by molar-refractivity contribution is -0.132. The maximum absolute atomic E-state index is 12.0. The predicted octanol–water partition coefficient (Wildman–Crippen LogP) is 2.43. The first-order valence-electron chi connectivity index (χ1n) is 6.76. The maximum Gasteiger partial charge on any atom is 0.249 e. The van der Waals surface area contributed by atoms with E-state index in [1.807, 2.05) is 25.1 Å². The van der Waals surface area contributed by atoms with E-state index >= 15 is 0 Å². The molecule has 3 heteroatoms. The molecule has 1 N–H and O–H groups in total. The number of hydrogen-bond acceptors (Lipinski definition) is 2.